The lowest BCUT2D eigenvalue weighted by atomic mass is 9.99. The van der Waals surface area contributed by atoms with E-state index in [9.17, 15) is 43.2 Å². The van der Waals surface area contributed by atoms with Crippen molar-refractivity contribution >= 4 is 39.5 Å². The highest BCUT2D eigenvalue weighted by Crippen LogP contribution is 2.45. The van der Waals surface area contributed by atoms with Gasteiger partial charge in [-0.1, -0.05) is 254 Å². The van der Waals surface area contributed by atoms with Crippen molar-refractivity contribution in [1.82, 2.24) is 0 Å². The van der Waals surface area contributed by atoms with Gasteiger partial charge in [-0.3, -0.25) is 37.3 Å². The van der Waals surface area contributed by atoms with E-state index in [0.717, 1.165) is 114 Å². The number of phosphoric acid groups is 2. The molecule has 0 rings (SSSR count). The van der Waals surface area contributed by atoms with Crippen molar-refractivity contribution in [3.05, 3.63) is 0 Å². The van der Waals surface area contributed by atoms with Crippen molar-refractivity contribution in [2.45, 2.75) is 324 Å². The van der Waals surface area contributed by atoms with Gasteiger partial charge in [-0.05, 0) is 43.4 Å². The maximum atomic E-state index is 13.0. The normalized spacial score (nSPS) is 15.1. The molecule has 0 bridgehead atoms. The van der Waals surface area contributed by atoms with Crippen LogP contribution in [-0.2, 0) is 65.4 Å². The highest BCUT2D eigenvalue weighted by molar-refractivity contribution is 7.47. The summed E-state index contributed by atoms with van der Waals surface area (Å²) in [5.74, 6) is 0.0922. The standard InChI is InChI=1S/C63H122O17P2/c1-8-11-12-13-14-22-30-37-44-60(65)73-51-59(80-63(68)47-40-33-26-25-29-36-43-56(7)10-3)53-78-82(71,72)76-49-57(64)48-75-81(69,70)77-52-58(79-62(67)46-39-32-24-17-15-16-20-27-34-41-54(4)5)50-74-61(66)45-38-31-23-19-18-21-28-35-42-55(6)9-2/h54-59,64H,8-53H2,1-7H3,(H,69,70)(H,71,72)/t55?,56?,57-,58-,59-/m1/s1. The molecule has 486 valence electrons. The highest BCUT2D eigenvalue weighted by Gasteiger charge is 2.30. The van der Waals surface area contributed by atoms with Crippen molar-refractivity contribution in [2.24, 2.45) is 17.8 Å². The van der Waals surface area contributed by atoms with Crippen LogP contribution in [0.3, 0.4) is 0 Å². The molecular weight excluding hydrogens is 1090 g/mol. The van der Waals surface area contributed by atoms with Crippen molar-refractivity contribution in [2.75, 3.05) is 39.6 Å². The number of hydrogen-bond donors (Lipinski definition) is 3. The molecule has 0 fully saturated rings. The summed E-state index contributed by atoms with van der Waals surface area (Å²) in [6, 6.07) is 0. The van der Waals surface area contributed by atoms with Gasteiger partial charge in [0, 0.05) is 25.7 Å². The van der Waals surface area contributed by atoms with Gasteiger partial charge in [0.1, 0.15) is 19.3 Å². The lowest BCUT2D eigenvalue weighted by Crippen LogP contribution is -2.30. The zero-order valence-corrected chi connectivity index (χ0v) is 54.7. The summed E-state index contributed by atoms with van der Waals surface area (Å²) in [4.78, 5) is 72.1. The van der Waals surface area contributed by atoms with E-state index in [1.54, 1.807) is 0 Å². The first-order chi connectivity index (χ1) is 39.3. The first-order valence-electron chi connectivity index (χ1n) is 32.9. The van der Waals surface area contributed by atoms with Gasteiger partial charge in [-0.25, -0.2) is 9.13 Å². The Kier molecular flexibility index (Phi) is 53.2. The summed E-state index contributed by atoms with van der Waals surface area (Å²) < 4.78 is 67.9. The Hall–Kier alpha value is -1.94. The van der Waals surface area contributed by atoms with E-state index in [-0.39, 0.29) is 25.7 Å². The number of aliphatic hydroxyl groups excluding tert-OH is 1. The third kappa shape index (κ3) is 54.7. The fourth-order valence-electron chi connectivity index (χ4n) is 9.24. The molecule has 0 aromatic rings. The first kappa shape index (κ1) is 80.1. The Morgan fingerprint density at radius 3 is 0.927 bits per heavy atom. The summed E-state index contributed by atoms with van der Waals surface area (Å²) in [7, 11) is -9.88. The van der Waals surface area contributed by atoms with Gasteiger partial charge < -0.3 is 33.8 Å². The zero-order valence-electron chi connectivity index (χ0n) is 52.9. The van der Waals surface area contributed by atoms with Crippen molar-refractivity contribution < 1.29 is 80.2 Å². The molecule has 4 unspecified atom stereocenters. The van der Waals surface area contributed by atoms with E-state index >= 15 is 0 Å². The zero-order chi connectivity index (χ0) is 61.0. The van der Waals surface area contributed by atoms with Crippen LogP contribution in [0.1, 0.15) is 305 Å². The molecule has 0 saturated heterocycles. The SMILES string of the molecule is CCCCCCCCCCC(=O)OC[C@H](COP(=O)(O)OC[C@H](O)COP(=O)(O)OC[C@@H](COC(=O)CCCCCCCCCCC(C)CC)OC(=O)CCCCCCCCCCCC(C)C)OC(=O)CCCCCCCCC(C)CC. The van der Waals surface area contributed by atoms with Gasteiger partial charge in [0.15, 0.2) is 12.2 Å². The molecule has 0 saturated carbocycles. The molecule has 3 N–H and O–H groups in total. The largest absolute Gasteiger partial charge is 0.472 e. The molecule has 0 heterocycles. The van der Waals surface area contributed by atoms with E-state index in [1.165, 1.54) is 109 Å². The molecule has 0 aromatic carbocycles. The summed E-state index contributed by atoms with van der Waals surface area (Å²) >= 11 is 0. The van der Waals surface area contributed by atoms with E-state index < -0.39 is 97.5 Å². The lowest BCUT2D eigenvalue weighted by Gasteiger charge is -2.21. The van der Waals surface area contributed by atoms with Crippen LogP contribution >= 0.6 is 15.6 Å². The van der Waals surface area contributed by atoms with Crippen LogP contribution in [0, 0.1) is 17.8 Å². The molecule has 0 aromatic heterocycles. The number of hydrogen-bond acceptors (Lipinski definition) is 15. The fourth-order valence-corrected chi connectivity index (χ4v) is 10.8. The van der Waals surface area contributed by atoms with E-state index in [0.29, 0.717) is 25.7 Å². The van der Waals surface area contributed by atoms with Gasteiger partial charge in [0.05, 0.1) is 26.4 Å². The fraction of sp³-hybridized carbons (Fsp3) is 0.937. The van der Waals surface area contributed by atoms with E-state index in [4.69, 9.17) is 37.0 Å². The molecule has 0 aliphatic carbocycles. The van der Waals surface area contributed by atoms with Crippen LogP contribution in [0.5, 0.6) is 0 Å². The predicted octanol–water partition coefficient (Wildman–Crippen LogP) is 17.1. The molecule has 0 aliphatic rings. The van der Waals surface area contributed by atoms with Crippen LogP contribution < -0.4 is 0 Å². The Labute approximate surface area is 498 Å². The Morgan fingerprint density at radius 1 is 0.354 bits per heavy atom. The second-order valence-corrected chi connectivity index (χ2v) is 26.7. The maximum Gasteiger partial charge on any atom is 0.472 e. The van der Waals surface area contributed by atoms with E-state index in [2.05, 4.69) is 48.5 Å². The van der Waals surface area contributed by atoms with Gasteiger partial charge in [-0.15, -0.1) is 0 Å². The van der Waals surface area contributed by atoms with Crippen LogP contribution in [0.25, 0.3) is 0 Å². The second-order valence-electron chi connectivity index (χ2n) is 23.8. The number of ether oxygens (including phenoxy) is 4. The van der Waals surface area contributed by atoms with Crippen LogP contribution in [-0.4, -0.2) is 96.7 Å². The molecule has 82 heavy (non-hydrogen) atoms. The minimum atomic E-state index is -4.94. The van der Waals surface area contributed by atoms with E-state index in [1.807, 2.05) is 0 Å². The van der Waals surface area contributed by atoms with Gasteiger partial charge >= 0.3 is 39.5 Å². The summed E-state index contributed by atoms with van der Waals surface area (Å²) in [6.07, 6.45) is 34.8. The number of carbonyl (C=O) groups excluding carboxylic acids is 4. The summed E-state index contributed by atoms with van der Waals surface area (Å²) in [6.45, 7) is 11.7. The minimum Gasteiger partial charge on any atom is -0.462 e. The lowest BCUT2D eigenvalue weighted by molar-refractivity contribution is -0.161. The minimum absolute atomic E-state index is 0.102. The summed E-state index contributed by atoms with van der Waals surface area (Å²) in [5, 5.41) is 10.5. The first-order valence-corrected chi connectivity index (χ1v) is 35.9. The van der Waals surface area contributed by atoms with Crippen molar-refractivity contribution in [1.29, 1.82) is 0 Å². The molecule has 7 atom stereocenters. The van der Waals surface area contributed by atoms with Crippen molar-refractivity contribution in [3.63, 3.8) is 0 Å². The number of aliphatic hydroxyl groups is 1. The average Bonchev–Trinajstić information content (AvgIpc) is 3.47. The number of phosphoric ester groups is 2. The van der Waals surface area contributed by atoms with Crippen LogP contribution in [0.15, 0.2) is 0 Å². The monoisotopic (exact) mass is 1210 g/mol. The third-order valence-corrected chi connectivity index (χ3v) is 17.0. The third-order valence-electron chi connectivity index (χ3n) is 15.1. The molecular formula is C63H122O17P2. The number of carbonyl (C=O) groups is 4. The topological polar surface area (TPSA) is 237 Å². The molecule has 0 amide bonds. The maximum absolute atomic E-state index is 13.0. The predicted molar refractivity (Wildman–Crippen MR) is 326 cm³/mol. The molecule has 0 radical (unpaired) electrons. The molecule has 0 spiro atoms. The average molecular weight is 1210 g/mol. The molecule has 17 nitrogen and oxygen atoms in total. The Morgan fingerprint density at radius 2 is 0.622 bits per heavy atom. The smallest absolute Gasteiger partial charge is 0.462 e. The van der Waals surface area contributed by atoms with Crippen molar-refractivity contribution in [3.8, 4) is 0 Å². The van der Waals surface area contributed by atoms with Gasteiger partial charge in [0.2, 0.25) is 0 Å². The number of unbranched alkanes of at least 4 members (excludes halogenated alkanes) is 27. The Bertz CT molecular complexity index is 1630. The molecule has 0 aliphatic heterocycles. The summed E-state index contributed by atoms with van der Waals surface area (Å²) in [5.41, 5.74) is 0. The Balaban J connectivity index is 5.25. The van der Waals surface area contributed by atoms with Crippen LogP contribution in [0.4, 0.5) is 0 Å². The number of esters is 4. The van der Waals surface area contributed by atoms with Crippen LogP contribution in [0.2, 0.25) is 0 Å². The number of rotatable bonds is 61. The quantitative estimate of drug-likeness (QED) is 0.0222. The highest BCUT2D eigenvalue weighted by atomic mass is 31.2. The van der Waals surface area contributed by atoms with Gasteiger partial charge in [-0.2, -0.15) is 0 Å². The van der Waals surface area contributed by atoms with Gasteiger partial charge in [0.25, 0.3) is 0 Å². The second kappa shape index (κ2) is 54.5. The molecule has 19 heteroatoms.